The molecule has 1 unspecified atom stereocenters. The number of amides is 3. The van der Waals surface area contributed by atoms with Crippen LogP contribution in [0.15, 0.2) is 48.5 Å². The molecule has 6 nitrogen and oxygen atoms in total. The van der Waals surface area contributed by atoms with Crippen LogP contribution in [-0.2, 0) is 9.59 Å². The summed E-state index contributed by atoms with van der Waals surface area (Å²) in [5.41, 5.74) is 3.05. The topological polar surface area (TPSA) is 78.5 Å². The summed E-state index contributed by atoms with van der Waals surface area (Å²) in [6.45, 7) is 2.35. The van der Waals surface area contributed by atoms with Crippen molar-refractivity contribution in [2.24, 2.45) is 5.92 Å². The molecule has 1 aliphatic heterocycles. The third kappa shape index (κ3) is 3.74. The predicted molar refractivity (Wildman–Crippen MR) is 100 cm³/mol. The number of rotatable bonds is 4. The summed E-state index contributed by atoms with van der Waals surface area (Å²) in [4.78, 5) is 38.0. The second-order valence-electron chi connectivity index (χ2n) is 6.39. The molecule has 1 heterocycles. The number of carbonyl (C=O) groups excluding carboxylic acids is 3. The number of aryl methyl sites for hydroxylation is 1. The zero-order chi connectivity index (χ0) is 18.7. The molecule has 1 saturated heterocycles. The van der Waals surface area contributed by atoms with E-state index < -0.39 is 5.92 Å². The molecule has 0 saturated carbocycles. The van der Waals surface area contributed by atoms with Gasteiger partial charge in [-0.15, -0.1) is 0 Å². The van der Waals surface area contributed by atoms with E-state index in [0.717, 1.165) is 11.3 Å². The average molecular weight is 351 g/mol. The van der Waals surface area contributed by atoms with E-state index in [-0.39, 0.29) is 24.1 Å². The lowest BCUT2D eigenvalue weighted by atomic mass is 10.1. The van der Waals surface area contributed by atoms with Crippen molar-refractivity contribution in [1.82, 2.24) is 5.32 Å². The van der Waals surface area contributed by atoms with Gasteiger partial charge in [0.05, 0.1) is 5.92 Å². The lowest BCUT2D eigenvalue weighted by Crippen LogP contribution is -2.28. The van der Waals surface area contributed by atoms with Crippen LogP contribution in [0.5, 0.6) is 0 Å². The van der Waals surface area contributed by atoms with Crippen LogP contribution in [0.25, 0.3) is 0 Å². The van der Waals surface area contributed by atoms with Crippen LogP contribution in [0.2, 0.25) is 0 Å². The van der Waals surface area contributed by atoms with Crippen LogP contribution in [0.3, 0.4) is 0 Å². The first kappa shape index (κ1) is 17.7. The van der Waals surface area contributed by atoms with Gasteiger partial charge in [0, 0.05) is 37.0 Å². The van der Waals surface area contributed by atoms with Crippen molar-refractivity contribution in [1.29, 1.82) is 0 Å². The lowest BCUT2D eigenvalue weighted by Gasteiger charge is -2.17. The zero-order valence-electron chi connectivity index (χ0n) is 14.8. The van der Waals surface area contributed by atoms with Gasteiger partial charge in [-0.3, -0.25) is 14.4 Å². The fourth-order valence-corrected chi connectivity index (χ4v) is 2.95. The Kier molecular flexibility index (Phi) is 5.02. The van der Waals surface area contributed by atoms with Crippen molar-refractivity contribution >= 4 is 29.1 Å². The van der Waals surface area contributed by atoms with Gasteiger partial charge in [-0.05, 0) is 43.3 Å². The Labute approximate surface area is 152 Å². The van der Waals surface area contributed by atoms with E-state index in [1.165, 1.54) is 0 Å². The molecule has 26 heavy (non-hydrogen) atoms. The minimum atomic E-state index is -0.401. The minimum Gasteiger partial charge on any atom is -0.355 e. The van der Waals surface area contributed by atoms with Gasteiger partial charge in [0.2, 0.25) is 11.8 Å². The van der Waals surface area contributed by atoms with Gasteiger partial charge in [0.1, 0.15) is 0 Å². The Morgan fingerprint density at radius 1 is 1.04 bits per heavy atom. The van der Waals surface area contributed by atoms with E-state index >= 15 is 0 Å². The molecule has 0 spiro atoms. The third-order valence-electron chi connectivity index (χ3n) is 4.48. The number of hydrogen-bond donors (Lipinski definition) is 2. The van der Waals surface area contributed by atoms with Crippen LogP contribution < -0.4 is 15.5 Å². The normalized spacial score (nSPS) is 16.5. The van der Waals surface area contributed by atoms with E-state index in [0.29, 0.717) is 17.8 Å². The molecule has 6 heteroatoms. The Morgan fingerprint density at radius 3 is 2.31 bits per heavy atom. The Bertz CT molecular complexity index is 828. The highest BCUT2D eigenvalue weighted by Gasteiger charge is 2.35. The van der Waals surface area contributed by atoms with Crippen molar-refractivity contribution < 1.29 is 14.4 Å². The number of hydrogen-bond acceptors (Lipinski definition) is 3. The zero-order valence-corrected chi connectivity index (χ0v) is 14.8. The maximum Gasteiger partial charge on any atom is 0.251 e. The summed E-state index contributed by atoms with van der Waals surface area (Å²) >= 11 is 0. The Hall–Kier alpha value is -3.15. The smallest absolute Gasteiger partial charge is 0.251 e. The molecule has 2 N–H and O–H groups in total. The largest absolute Gasteiger partial charge is 0.355 e. The molecule has 2 aromatic rings. The number of nitrogens with zero attached hydrogens (tertiary/aromatic N) is 1. The highest BCUT2D eigenvalue weighted by Crippen LogP contribution is 2.26. The second kappa shape index (κ2) is 7.39. The number of benzene rings is 2. The molecule has 0 bridgehead atoms. The maximum atomic E-state index is 12.5. The van der Waals surface area contributed by atoms with E-state index in [2.05, 4.69) is 10.6 Å². The number of anilines is 2. The first-order valence-corrected chi connectivity index (χ1v) is 8.48. The Morgan fingerprint density at radius 2 is 1.69 bits per heavy atom. The third-order valence-corrected chi connectivity index (χ3v) is 4.48. The van der Waals surface area contributed by atoms with Crippen LogP contribution in [-0.4, -0.2) is 31.3 Å². The minimum absolute atomic E-state index is 0.0519. The van der Waals surface area contributed by atoms with Crippen LogP contribution in [0.1, 0.15) is 22.3 Å². The van der Waals surface area contributed by atoms with Crippen molar-refractivity contribution in [2.75, 3.05) is 23.8 Å². The van der Waals surface area contributed by atoms with Gasteiger partial charge >= 0.3 is 0 Å². The monoisotopic (exact) mass is 351 g/mol. The van der Waals surface area contributed by atoms with Gasteiger partial charge in [-0.2, -0.15) is 0 Å². The summed E-state index contributed by atoms with van der Waals surface area (Å²) < 4.78 is 0. The second-order valence-corrected chi connectivity index (χ2v) is 6.39. The van der Waals surface area contributed by atoms with Crippen molar-refractivity contribution in [3.8, 4) is 0 Å². The van der Waals surface area contributed by atoms with Crippen LogP contribution in [0, 0.1) is 12.8 Å². The highest BCUT2D eigenvalue weighted by molar-refractivity contribution is 6.03. The number of nitrogens with one attached hydrogen (secondary N) is 2. The maximum absolute atomic E-state index is 12.5. The molecule has 3 amide bonds. The molecule has 1 atom stereocenters. The van der Waals surface area contributed by atoms with E-state index in [1.807, 2.05) is 31.2 Å². The van der Waals surface area contributed by atoms with Gasteiger partial charge < -0.3 is 15.5 Å². The standard InChI is InChI=1S/C20H21N3O3/c1-13-3-9-17(10-4-13)23-12-15(11-18(23)24)20(26)22-16-7-5-14(6-8-16)19(25)21-2/h3-10,15H,11-12H2,1-2H3,(H,21,25)(H,22,26). The quantitative estimate of drug-likeness (QED) is 0.887. The summed E-state index contributed by atoms with van der Waals surface area (Å²) in [5.74, 6) is -0.829. The molecule has 1 aliphatic rings. The molecule has 2 aromatic carbocycles. The first-order chi connectivity index (χ1) is 12.5. The van der Waals surface area contributed by atoms with Gasteiger partial charge in [-0.25, -0.2) is 0 Å². The lowest BCUT2D eigenvalue weighted by molar-refractivity contribution is -0.122. The van der Waals surface area contributed by atoms with Crippen LogP contribution >= 0.6 is 0 Å². The van der Waals surface area contributed by atoms with E-state index in [1.54, 1.807) is 36.2 Å². The molecule has 134 valence electrons. The Balaban J connectivity index is 1.64. The van der Waals surface area contributed by atoms with Crippen LogP contribution in [0.4, 0.5) is 11.4 Å². The van der Waals surface area contributed by atoms with Crippen molar-refractivity contribution in [3.05, 3.63) is 59.7 Å². The molecule has 0 radical (unpaired) electrons. The fraction of sp³-hybridized carbons (Fsp3) is 0.250. The molecule has 3 rings (SSSR count). The van der Waals surface area contributed by atoms with Crippen molar-refractivity contribution in [3.63, 3.8) is 0 Å². The average Bonchev–Trinajstić information content (AvgIpc) is 3.04. The molecular weight excluding hydrogens is 330 g/mol. The summed E-state index contributed by atoms with van der Waals surface area (Å²) in [6, 6.07) is 14.3. The number of carbonyl (C=O) groups is 3. The molecule has 1 fully saturated rings. The predicted octanol–water partition coefficient (Wildman–Crippen LogP) is 2.35. The van der Waals surface area contributed by atoms with Gasteiger partial charge in [-0.1, -0.05) is 17.7 Å². The highest BCUT2D eigenvalue weighted by atomic mass is 16.2. The summed E-state index contributed by atoms with van der Waals surface area (Å²) in [6.07, 6.45) is 0.191. The first-order valence-electron chi connectivity index (χ1n) is 8.48. The molecular formula is C20H21N3O3. The van der Waals surface area contributed by atoms with Gasteiger partial charge in [0.25, 0.3) is 5.91 Å². The summed E-state index contributed by atoms with van der Waals surface area (Å²) in [5, 5.41) is 5.37. The molecule has 0 aliphatic carbocycles. The van der Waals surface area contributed by atoms with E-state index in [9.17, 15) is 14.4 Å². The van der Waals surface area contributed by atoms with Crippen molar-refractivity contribution in [2.45, 2.75) is 13.3 Å². The fourth-order valence-electron chi connectivity index (χ4n) is 2.95. The SMILES string of the molecule is CNC(=O)c1ccc(NC(=O)C2CC(=O)N(c3ccc(C)cc3)C2)cc1. The van der Waals surface area contributed by atoms with E-state index in [4.69, 9.17) is 0 Å². The molecule has 0 aromatic heterocycles. The van der Waals surface area contributed by atoms with Gasteiger partial charge in [0.15, 0.2) is 0 Å². The summed E-state index contributed by atoms with van der Waals surface area (Å²) in [7, 11) is 1.56.